The van der Waals surface area contributed by atoms with Gasteiger partial charge in [0.25, 0.3) is 0 Å². The maximum absolute atomic E-state index is 3.64. The Morgan fingerprint density at radius 2 is 1.89 bits per heavy atom. The zero-order chi connectivity index (χ0) is 13.5. The highest BCUT2D eigenvalue weighted by atomic mass is 32.2. The van der Waals surface area contributed by atoms with E-state index in [9.17, 15) is 0 Å². The van der Waals surface area contributed by atoms with E-state index in [1.165, 1.54) is 28.9 Å². The molecule has 1 aromatic carbocycles. The van der Waals surface area contributed by atoms with Gasteiger partial charge in [0.15, 0.2) is 0 Å². The van der Waals surface area contributed by atoms with Crippen LogP contribution in [0.2, 0.25) is 0 Å². The molecule has 1 nitrogen and oxygen atoms in total. The topological polar surface area (TPSA) is 12.0 Å². The first-order valence-electron chi connectivity index (χ1n) is 7.05. The van der Waals surface area contributed by atoms with E-state index in [0.717, 1.165) is 6.54 Å². The van der Waals surface area contributed by atoms with Crippen LogP contribution in [0, 0.1) is 13.8 Å². The van der Waals surface area contributed by atoms with Crippen LogP contribution in [-0.2, 0) is 0 Å². The molecule has 1 aromatic rings. The van der Waals surface area contributed by atoms with Crippen LogP contribution < -0.4 is 5.32 Å². The molecule has 0 aliphatic carbocycles. The van der Waals surface area contributed by atoms with E-state index < -0.39 is 0 Å². The van der Waals surface area contributed by atoms with Crippen molar-refractivity contribution in [2.45, 2.75) is 63.6 Å². The molecule has 2 atom stereocenters. The fourth-order valence-corrected chi connectivity index (χ4v) is 3.33. The van der Waals surface area contributed by atoms with Crippen molar-refractivity contribution in [3.05, 3.63) is 29.3 Å². The average Bonchev–Trinajstić information content (AvgIpc) is 2.35. The maximum atomic E-state index is 3.64. The van der Waals surface area contributed by atoms with Gasteiger partial charge in [0, 0.05) is 16.2 Å². The molecule has 1 rings (SSSR count). The molecule has 0 radical (unpaired) electrons. The lowest BCUT2D eigenvalue weighted by Crippen LogP contribution is -2.36. The summed E-state index contributed by atoms with van der Waals surface area (Å²) < 4.78 is 0. The fourth-order valence-electron chi connectivity index (χ4n) is 2.06. The second kappa shape index (κ2) is 7.85. The van der Waals surface area contributed by atoms with Crippen LogP contribution in [0.1, 0.15) is 44.7 Å². The van der Waals surface area contributed by atoms with Gasteiger partial charge in [0.2, 0.25) is 0 Å². The molecule has 0 amide bonds. The highest BCUT2D eigenvalue weighted by Gasteiger charge is 2.15. The van der Waals surface area contributed by atoms with Crippen LogP contribution in [0.5, 0.6) is 0 Å². The third-order valence-corrected chi connectivity index (χ3v) is 4.69. The molecule has 2 heteroatoms. The minimum Gasteiger partial charge on any atom is -0.313 e. The van der Waals surface area contributed by atoms with Crippen LogP contribution in [0.3, 0.4) is 0 Å². The first-order valence-corrected chi connectivity index (χ1v) is 7.93. The summed E-state index contributed by atoms with van der Waals surface area (Å²) in [5.41, 5.74) is 2.77. The third kappa shape index (κ3) is 4.66. The van der Waals surface area contributed by atoms with Crippen molar-refractivity contribution in [1.82, 2.24) is 5.32 Å². The summed E-state index contributed by atoms with van der Waals surface area (Å²) in [6.07, 6.45) is 2.40. The average molecular weight is 265 g/mol. The van der Waals surface area contributed by atoms with Gasteiger partial charge in [-0.15, -0.1) is 11.8 Å². The first kappa shape index (κ1) is 15.6. The monoisotopic (exact) mass is 265 g/mol. The zero-order valence-corrected chi connectivity index (χ0v) is 13.2. The Balaban J connectivity index is 2.61. The van der Waals surface area contributed by atoms with Crippen molar-refractivity contribution in [1.29, 1.82) is 0 Å². The van der Waals surface area contributed by atoms with E-state index in [0.29, 0.717) is 11.3 Å². The van der Waals surface area contributed by atoms with Crippen molar-refractivity contribution in [2.75, 3.05) is 6.54 Å². The Morgan fingerprint density at radius 1 is 1.17 bits per heavy atom. The Morgan fingerprint density at radius 3 is 2.44 bits per heavy atom. The summed E-state index contributed by atoms with van der Waals surface area (Å²) in [7, 11) is 0. The third-order valence-electron chi connectivity index (χ3n) is 3.46. The molecular formula is C16H27NS. The normalized spacial score (nSPS) is 14.5. The van der Waals surface area contributed by atoms with Gasteiger partial charge < -0.3 is 5.32 Å². The molecule has 0 aliphatic heterocycles. The Bertz CT molecular complexity index is 362. The number of rotatable bonds is 7. The Labute approximate surface area is 117 Å². The highest BCUT2D eigenvalue weighted by Crippen LogP contribution is 2.27. The number of nitrogens with one attached hydrogen (secondary N) is 1. The second-order valence-corrected chi connectivity index (χ2v) is 6.49. The molecule has 18 heavy (non-hydrogen) atoms. The molecule has 2 unspecified atom stereocenters. The molecule has 0 aliphatic rings. The van der Waals surface area contributed by atoms with Crippen molar-refractivity contribution in [3.8, 4) is 0 Å². The smallest absolute Gasteiger partial charge is 0.0220 e. The van der Waals surface area contributed by atoms with Gasteiger partial charge in [-0.1, -0.05) is 26.8 Å². The van der Waals surface area contributed by atoms with Crippen LogP contribution in [-0.4, -0.2) is 17.8 Å². The van der Waals surface area contributed by atoms with E-state index in [-0.39, 0.29) is 0 Å². The summed E-state index contributed by atoms with van der Waals surface area (Å²) >= 11 is 1.99. The van der Waals surface area contributed by atoms with Gasteiger partial charge in [-0.2, -0.15) is 0 Å². The second-order valence-electron chi connectivity index (χ2n) is 5.04. The molecule has 0 fully saturated rings. The van der Waals surface area contributed by atoms with Gasteiger partial charge in [-0.3, -0.25) is 0 Å². The van der Waals surface area contributed by atoms with Crippen molar-refractivity contribution in [2.24, 2.45) is 0 Å². The van der Waals surface area contributed by atoms with Crippen LogP contribution in [0.25, 0.3) is 0 Å². The predicted molar refractivity (Wildman–Crippen MR) is 83.6 cm³/mol. The zero-order valence-electron chi connectivity index (χ0n) is 12.4. The van der Waals surface area contributed by atoms with Gasteiger partial charge in [0.05, 0.1) is 0 Å². The van der Waals surface area contributed by atoms with Crippen LogP contribution >= 0.6 is 11.8 Å². The number of hydrogen-bond acceptors (Lipinski definition) is 2. The van der Waals surface area contributed by atoms with Gasteiger partial charge in [0.1, 0.15) is 0 Å². The molecule has 0 bridgehead atoms. The predicted octanol–water partition coefficient (Wildman–Crippen LogP) is 4.56. The molecule has 0 aromatic heterocycles. The molecule has 0 saturated heterocycles. The van der Waals surface area contributed by atoms with Crippen LogP contribution in [0.4, 0.5) is 0 Å². The molecule has 0 spiro atoms. The first-order chi connectivity index (χ1) is 8.58. The van der Waals surface area contributed by atoms with Crippen molar-refractivity contribution in [3.63, 3.8) is 0 Å². The molecule has 102 valence electrons. The number of thioether (sulfide) groups is 1. The van der Waals surface area contributed by atoms with Gasteiger partial charge in [-0.25, -0.2) is 0 Å². The van der Waals surface area contributed by atoms with Gasteiger partial charge in [-0.05, 0) is 56.5 Å². The molecule has 1 N–H and O–H groups in total. The van der Waals surface area contributed by atoms with E-state index in [4.69, 9.17) is 0 Å². The van der Waals surface area contributed by atoms with E-state index >= 15 is 0 Å². The Hall–Kier alpha value is -0.470. The highest BCUT2D eigenvalue weighted by molar-refractivity contribution is 8.00. The number of benzene rings is 1. The lowest BCUT2D eigenvalue weighted by molar-refractivity contribution is 0.494. The van der Waals surface area contributed by atoms with Crippen molar-refractivity contribution >= 4 is 11.8 Å². The number of hydrogen-bond donors (Lipinski definition) is 1. The summed E-state index contributed by atoms with van der Waals surface area (Å²) in [4.78, 5) is 1.39. The fraction of sp³-hybridized carbons (Fsp3) is 0.625. The number of aryl methyl sites for hydroxylation is 2. The van der Waals surface area contributed by atoms with E-state index in [2.05, 4.69) is 58.1 Å². The largest absolute Gasteiger partial charge is 0.313 e. The quantitative estimate of drug-likeness (QED) is 0.725. The minimum absolute atomic E-state index is 0.608. The standard InChI is InChI=1S/C16H27NS/c1-6-10-17-16(7-2)14(5)18-15-9-8-12(3)13(4)11-15/h8-9,11,14,16-17H,6-7,10H2,1-5H3. The van der Waals surface area contributed by atoms with Gasteiger partial charge >= 0.3 is 0 Å². The van der Waals surface area contributed by atoms with E-state index in [1.807, 2.05) is 11.8 Å². The summed E-state index contributed by atoms with van der Waals surface area (Å²) in [5, 5.41) is 4.26. The molecule has 0 heterocycles. The maximum Gasteiger partial charge on any atom is 0.0220 e. The SMILES string of the molecule is CCCNC(CC)C(C)Sc1ccc(C)c(C)c1. The Kier molecular flexibility index (Phi) is 6.80. The molecular weight excluding hydrogens is 238 g/mol. The van der Waals surface area contributed by atoms with Crippen molar-refractivity contribution < 1.29 is 0 Å². The molecule has 0 saturated carbocycles. The lowest BCUT2D eigenvalue weighted by Gasteiger charge is -2.23. The minimum atomic E-state index is 0.608. The van der Waals surface area contributed by atoms with Crippen LogP contribution in [0.15, 0.2) is 23.1 Å². The summed E-state index contributed by atoms with van der Waals surface area (Å²) in [5.74, 6) is 0. The summed E-state index contributed by atoms with van der Waals surface area (Å²) in [6, 6.07) is 7.39. The summed E-state index contributed by atoms with van der Waals surface area (Å²) in [6.45, 7) is 12.3. The lowest BCUT2D eigenvalue weighted by atomic mass is 10.1. The van der Waals surface area contributed by atoms with E-state index in [1.54, 1.807) is 0 Å².